The first-order valence-corrected chi connectivity index (χ1v) is 10.9. The van der Waals surface area contributed by atoms with Gasteiger partial charge in [0.1, 0.15) is 5.75 Å². The van der Waals surface area contributed by atoms with E-state index in [4.69, 9.17) is 10.5 Å². The fourth-order valence-electron chi connectivity index (χ4n) is 4.25. The Bertz CT molecular complexity index is 906. The van der Waals surface area contributed by atoms with E-state index in [1.165, 1.54) is 6.42 Å². The number of amides is 1. The van der Waals surface area contributed by atoms with Crippen molar-refractivity contribution in [1.82, 2.24) is 5.32 Å². The van der Waals surface area contributed by atoms with E-state index in [1.807, 2.05) is 42.5 Å². The minimum atomic E-state index is 0.0971. The van der Waals surface area contributed by atoms with Crippen LogP contribution in [-0.2, 0) is 11.3 Å². The highest BCUT2D eigenvalue weighted by atomic mass is 16.5. The lowest BCUT2D eigenvalue weighted by atomic mass is 9.88. The average molecular weight is 407 g/mol. The molecule has 0 saturated heterocycles. The number of guanidine groups is 1. The normalized spacial score (nSPS) is 19.5. The van der Waals surface area contributed by atoms with Gasteiger partial charge in [-0.05, 0) is 36.6 Å². The van der Waals surface area contributed by atoms with Gasteiger partial charge >= 0.3 is 0 Å². The number of hydrogen-bond donors (Lipinski definition) is 3. The molecule has 0 spiro atoms. The maximum absolute atomic E-state index is 12.5. The Labute approximate surface area is 177 Å². The summed E-state index contributed by atoms with van der Waals surface area (Å²) in [6, 6.07) is 15.9. The van der Waals surface area contributed by atoms with Crippen molar-refractivity contribution in [2.45, 2.75) is 51.1 Å². The number of carbonyl (C=O) groups is 1. The standard InChI is InChI=1S/C24H30N4O2/c25-24(28-21-13-14-30-22-12-5-4-11-20(21)22)26-16-17-7-6-10-19(15-17)27-23(29)18-8-2-1-3-9-18/h4-7,10-12,15,18,21H,1-3,8-9,13-14,16H2,(H,27,29)(H3,25,26,28). The maximum atomic E-state index is 12.5. The molecule has 4 rings (SSSR count). The second-order valence-electron chi connectivity index (χ2n) is 8.10. The van der Waals surface area contributed by atoms with E-state index in [1.54, 1.807) is 0 Å². The molecule has 2 aliphatic rings. The number of rotatable bonds is 5. The first-order valence-electron chi connectivity index (χ1n) is 10.9. The first kappa shape index (κ1) is 20.3. The summed E-state index contributed by atoms with van der Waals surface area (Å²) in [6.45, 7) is 1.11. The van der Waals surface area contributed by atoms with Crippen LogP contribution in [0.3, 0.4) is 0 Å². The molecule has 0 aromatic heterocycles. The topological polar surface area (TPSA) is 88.7 Å². The molecule has 0 radical (unpaired) electrons. The van der Waals surface area contributed by atoms with Gasteiger partial charge < -0.3 is 21.1 Å². The van der Waals surface area contributed by atoms with Gasteiger partial charge in [0.25, 0.3) is 0 Å². The molecule has 30 heavy (non-hydrogen) atoms. The van der Waals surface area contributed by atoms with Crippen LogP contribution in [0.5, 0.6) is 5.75 Å². The van der Waals surface area contributed by atoms with Crippen molar-refractivity contribution in [3.05, 3.63) is 59.7 Å². The molecule has 1 fully saturated rings. The number of hydrogen-bond acceptors (Lipinski definition) is 3. The zero-order valence-corrected chi connectivity index (χ0v) is 17.3. The van der Waals surface area contributed by atoms with Crippen LogP contribution in [0.1, 0.15) is 55.7 Å². The fourth-order valence-corrected chi connectivity index (χ4v) is 4.25. The van der Waals surface area contributed by atoms with E-state index in [-0.39, 0.29) is 17.9 Å². The SMILES string of the molecule is NC(=NCc1cccc(NC(=O)C2CCCCC2)c1)NC1CCOc2ccccc21. The quantitative estimate of drug-likeness (QED) is 0.514. The molecule has 1 atom stereocenters. The second-order valence-corrected chi connectivity index (χ2v) is 8.10. The highest BCUT2D eigenvalue weighted by Crippen LogP contribution is 2.31. The number of nitrogens with zero attached hydrogens (tertiary/aromatic N) is 1. The van der Waals surface area contributed by atoms with Crippen LogP contribution >= 0.6 is 0 Å². The first-order chi connectivity index (χ1) is 14.7. The van der Waals surface area contributed by atoms with Gasteiger partial charge in [-0.15, -0.1) is 0 Å². The van der Waals surface area contributed by atoms with Crippen molar-refractivity contribution in [3.63, 3.8) is 0 Å². The van der Waals surface area contributed by atoms with E-state index >= 15 is 0 Å². The van der Waals surface area contributed by atoms with E-state index in [0.717, 1.165) is 54.7 Å². The van der Waals surface area contributed by atoms with Gasteiger partial charge in [-0.1, -0.05) is 49.6 Å². The number of para-hydroxylation sites is 1. The van der Waals surface area contributed by atoms with E-state index in [0.29, 0.717) is 19.1 Å². The molecule has 1 aliphatic heterocycles. The number of nitrogens with one attached hydrogen (secondary N) is 2. The third-order valence-electron chi connectivity index (χ3n) is 5.88. The molecular weight excluding hydrogens is 376 g/mol. The molecular formula is C24H30N4O2. The summed E-state index contributed by atoms with van der Waals surface area (Å²) >= 11 is 0. The summed E-state index contributed by atoms with van der Waals surface area (Å²) in [4.78, 5) is 17.0. The molecule has 0 bridgehead atoms. The van der Waals surface area contributed by atoms with Crippen LogP contribution in [0.4, 0.5) is 5.69 Å². The van der Waals surface area contributed by atoms with Crippen LogP contribution in [0, 0.1) is 5.92 Å². The third kappa shape index (κ3) is 5.12. The summed E-state index contributed by atoms with van der Waals surface area (Å²) in [6.07, 6.45) is 6.37. The predicted octanol–water partition coefficient (Wildman–Crippen LogP) is 4.13. The Morgan fingerprint density at radius 1 is 1.07 bits per heavy atom. The Morgan fingerprint density at radius 3 is 2.77 bits per heavy atom. The van der Waals surface area contributed by atoms with Crippen molar-refractivity contribution in [1.29, 1.82) is 0 Å². The highest BCUT2D eigenvalue weighted by molar-refractivity contribution is 5.92. The van der Waals surface area contributed by atoms with Crippen molar-refractivity contribution >= 4 is 17.6 Å². The van der Waals surface area contributed by atoms with Crippen LogP contribution < -0.4 is 21.1 Å². The number of nitrogens with two attached hydrogens (primary N) is 1. The van der Waals surface area contributed by atoms with Crippen LogP contribution in [0.2, 0.25) is 0 Å². The zero-order chi connectivity index (χ0) is 20.8. The van der Waals surface area contributed by atoms with Gasteiger partial charge in [0.15, 0.2) is 5.96 Å². The molecule has 4 N–H and O–H groups in total. The van der Waals surface area contributed by atoms with Crippen LogP contribution in [0.15, 0.2) is 53.5 Å². The summed E-state index contributed by atoms with van der Waals surface area (Å²) in [5.41, 5.74) is 9.09. The van der Waals surface area contributed by atoms with Gasteiger partial charge in [0.05, 0.1) is 19.2 Å². The van der Waals surface area contributed by atoms with Gasteiger partial charge in [-0.25, -0.2) is 4.99 Å². The maximum Gasteiger partial charge on any atom is 0.227 e. The minimum absolute atomic E-state index is 0.0971. The monoisotopic (exact) mass is 406 g/mol. The van der Waals surface area contributed by atoms with Crippen LogP contribution in [-0.4, -0.2) is 18.5 Å². The smallest absolute Gasteiger partial charge is 0.227 e. The molecule has 1 aliphatic carbocycles. The number of aliphatic imine (C=N–C) groups is 1. The Kier molecular flexibility index (Phi) is 6.52. The lowest BCUT2D eigenvalue weighted by molar-refractivity contribution is -0.120. The van der Waals surface area contributed by atoms with Crippen molar-refractivity contribution in [3.8, 4) is 5.75 Å². The molecule has 2 aromatic carbocycles. The summed E-state index contributed by atoms with van der Waals surface area (Å²) in [7, 11) is 0. The molecule has 1 saturated carbocycles. The molecule has 1 amide bonds. The number of anilines is 1. The third-order valence-corrected chi connectivity index (χ3v) is 5.88. The lowest BCUT2D eigenvalue weighted by Gasteiger charge is -2.26. The van der Waals surface area contributed by atoms with E-state index in [9.17, 15) is 4.79 Å². The number of ether oxygens (including phenoxy) is 1. The van der Waals surface area contributed by atoms with Crippen molar-refractivity contribution in [2.75, 3.05) is 11.9 Å². The zero-order valence-electron chi connectivity index (χ0n) is 17.3. The Morgan fingerprint density at radius 2 is 1.90 bits per heavy atom. The second kappa shape index (κ2) is 9.65. The lowest BCUT2D eigenvalue weighted by Crippen LogP contribution is -2.37. The number of carbonyl (C=O) groups excluding carboxylic acids is 1. The summed E-state index contributed by atoms with van der Waals surface area (Å²) < 4.78 is 5.70. The molecule has 6 nitrogen and oxygen atoms in total. The van der Waals surface area contributed by atoms with Crippen LogP contribution in [0.25, 0.3) is 0 Å². The van der Waals surface area contributed by atoms with Gasteiger partial charge in [-0.3, -0.25) is 4.79 Å². The number of benzene rings is 2. The summed E-state index contributed by atoms with van der Waals surface area (Å²) in [5, 5.41) is 6.38. The van der Waals surface area contributed by atoms with Crippen molar-refractivity contribution < 1.29 is 9.53 Å². The number of fused-ring (bicyclic) bond motifs is 1. The minimum Gasteiger partial charge on any atom is -0.493 e. The molecule has 6 heteroatoms. The average Bonchev–Trinajstić information content (AvgIpc) is 2.79. The largest absolute Gasteiger partial charge is 0.493 e. The fraction of sp³-hybridized carbons (Fsp3) is 0.417. The van der Waals surface area contributed by atoms with E-state index < -0.39 is 0 Å². The highest BCUT2D eigenvalue weighted by Gasteiger charge is 2.22. The summed E-state index contributed by atoms with van der Waals surface area (Å²) in [5.74, 6) is 1.58. The van der Waals surface area contributed by atoms with E-state index in [2.05, 4.69) is 21.7 Å². The van der Waals surface area contributed by atoms with Crippen molar-refractivity contribution in [2.24, 2.45) is 16.6 Å². The van der Waals surface area contributed by atoms with Gasteiger partial charge in [0.2, 0.25) is 5.91 Å². The van der Waals surface area contributed by atoms with Gasteiger partial charge in [0, 0.05) is 23.6 Å². The molecule has 1 heterocycles. The van der Waals surface area contributed by atoms with Gasteiger partial charge in [-0.2, -0.15) is 0 Å². The molecule has 158 valence electrons. The Balaban J connectivity index is 1.35. The Hall–Kier alpha value is -3.02. The molecule has 2 aromatic rings. The predicted molar refractivity (Wildman–Crippen MR) is 119 cm³/mol. The molecule has 1 unspecified atom stereocenters.